The van der Waals surface area contributed by atoms with Crippen LogP contribution < -0.4 is 0 Å². The highest BCUT2D eigenvalue weighted by Gasteiger charge is 2.64. The lowest BCUT2D eigenvalue weighted by molar-refractivity contribution is -0.276. The molecule has 4 heterocycles. The second kappa shape index (κ2) is 23.2. The van der Waals surface area contributed by atoms with E-state index < -0.39 is 109 Å². The van der Waals surface area contributed by atoms with Crippen molar-refractivity contribution in [1.29, 1.82) is 0 Å². The SMILES string of the molecule is CCOC(=O)C1=NOC(CC(=O)c2ccc(C3=NO[C@@](c4cc(Cl)c(F)c(Cl)c4)(C(F)(F)F)C3)cc2C)C1.CCOC(=O)C1=NOC(N(C=O)C(=O)c2ccc(C3=NO[C@@](c4cc(Cl)c(F)c(Cl)c4)(C(F)(F)F)C3)cc2C)C1. The topological polar surface area (TPSA) is 193 Å². The first-order valence-electron chi connectivity index (χ1n) is 22.9. The van der Waals surface area contributed by atoms with E-state index in [0.717, 1.165) is 24.3 Å². The van der Waals surface area contributed by atoms with Crippen molar-refractivity contribution in [3.8, 4) is 0 Å². The van der Waals surface area contributed by atoms with E-state index >= 15 is 0 Å². The number of nitrogens with zero attached hydrogens (tertiary/aromatic N) is 5. The number of amides is 2. The average Bonchev–Trinajstić information content (AvgIpc) is 4.23. The molecular formula is C50H39Cl4F8N5O11. The van der Waals surface area contributed by atoms with Gasteiger partial charge in [0.05, 0.1) is 57.6 Å². The molecule has 4 aliphatic rings. The van der Waals surface area contributed by atoms with E-state index in [2.05, 4.69) is 20.6 Å². The molecule has 78 heavy (non-hydrogen) atoms. The van der Waals surface area contributed by atoms with E-state index in [0.29, 0.717) is 27.2 Å². The van der Waals surface area contributed by atoms with Crippen molar-refractivity contribution in [2.75, 3.05) is 13.2 Å². The van der Waals surface area contributed by atoms with Crippen molar-refractivity contribution in [1.82, 2.24) is 4.90 Å². The van der Waals surface area contributed by atoms with Gasteiger partial charge in [-0.3, -0.25) is 14.4 Å². The molecule has 0 N–H and O–H groups in total. The minimum absolute atomic E-state index is 0.0303. The number of carbonyl (C=O) groups excluding carboxylic acids is 5. The molecule has 0 bridgehead atoms. The number of carbonyl (C=O) groups is 5. The third-order valence-corrected chi connectivity index (χ3v) is 13.5. The first-order valence-corrected chi connectivity index (χ1v) is 24.5. The van der Waals surface area contributed by atoms with Crippen LogP contribution in [-0.4, -0.2) is 95.7 Å². The van der Waals surface area contributed by atoms with Gasteiger partial charge in [-0.15, -0.1) is 0 Å². The van der Waals surface area contributed by atoms with Gasteiger partial charge in [-0.2, -0.15) is 26.3 Å². The van der Waals surface area contributed by atoms with Crippen molar-refractivity contribution in [3.63, 3.8) is 0 Å². The van der Waals surface area contributed by atoms with E-state index in [1.165, 1.54) is 43.3 Å². The monoisotopic (exact) mass is 1180 g/mol. The Bertz CT molecular complexity index is 3180. The Labute approximate surface area is 456 Å². The van der Waals surface area contributed by atoms with Gasteiger partial charge in [-0.1, -0.05) is 85.2 Å². The van der Waals surface area contributed by atoms with Crippen LogP contribution >= 0.6 is 46.4 Å². The predicted molar refractivity (Wildman–Crippen MR) is 263 cm³/mol. The number of imide groups is 1. The Morgan fingerprint density at radius 2 is 1.08 bits per heavy atom. The van der Waals surface area contributed by atoms with Gasteiger partial charge in [0.1, 0.15) is 6.10 Å². The Hall–Kier alpha value is -6.89. The fraction of sp³-hybridized carbons (Fsp3) is 0.340. The van der Waals surface area contributed by atoms with Crippen molar-refractivity contribution in [3.05, 3.63) is 137 Å². The molecule has 414 valence electrons. The molecule has 0 radical (unpaired) electrons. The van der Waals surface area contributed by atoms with Crippen LogP contribution in [0.4, 0.5) is 35.1 Å². The van der Waals surface area contributed by atoms with Crippen LogP contribution in [0.3, 0.4) is 0 Å². The lowest BCUT2D eigenvalue weighted by atomic mass is 9.86. The fourth-order valence-electron chi connectivity index (χ4n) is 8.36. The second-order valence-corrected chi connectivity index (χ2v) is 19.1. The maximum atomic E-state index is 14.3. The molecule has 4 aromatic carbocycles. The summed E-state index contributed by atoms with van der Waals surface area (Å²) in [7, 11) is 0. The van der Waals surface area contributed by atoms with E-state index in [1.807, 2.05) is 0 Å². The lowest BCUT2D eigenvalue weighted by Crippen LogP contribution is -2.42. The minimum atomic E-state index is -5.00. The number of aryl methyl sites for hydroxylation is 2. The highest BCUT2D eigenvalue weighted by atomic mass is 35.5. The zero-order valence-corrected chi connectivity index (χ0v) is 43.7. The molecule has 4 atom stereocenters. The number of oxime groups is 4. The molecular weight excluding hydrogens is 1140 g/mol. The molecule has 28 heteroatoms. The molecule has 16 nitrogen and oxygen atoms in total. The molecule has 4 aromatic rings. The van der Waals surface area contributed by atoms with Crippen LogP contribution in [0, 0.1) is 25.5 Å². The van der Waals surface area contributed by atoms with E-state index in [-0.39, 0.29) is 78.6 Å². The van der Waals surface area contributed by atoms with Crippen LogP contribution in [0.2, 0.25) is 20.1 Å². The zero-order chi connectivity index (χ0) is 57.2. The number of alkyl halides is 6. The minimum Gasteiger partial charge on any atom is -0.461 e. The number of esters is 2. The van der Waals surface area contributed by atoms with Crippen LogP contribution in [0.15, 0.2) is 81.3 Å². The molecule has 2 amide bonds. The van der Waals surface area contributed by atoms with Crippen molar-refractivity contribution in [2.45, 2.75) is 95.7 Å². The molecule has 8 rings (SSSR count). The first-order chi connectivity index (χ1) is 36.7. The zero-order valence-electron chi connectivity index (χ0n) is 40.7. The van der Waals surface area contributed by atoms with Gasteiger partial charge in [0.2, 0.25) is 12.6 Å². The van der Waals surface area contributed by atoms with Crippen molar-refractivity contribution < 1.29 is 87.9 Å². The molecule has 0 saturated carbocycles. The Morgan fingerprint density at radius 3 is 1.49 bits per heavy atom. The smallest absolute Gasteiger partial charge is 0.435 e. The number of Topliss-reactive ketones (excluding diaryl/α,β-unsaturated/α-hetero) is 1. The van der Waals surface area contributed by atoms with Gasteiger partial charge < -0.3 is 28.8 Å². The number of rotatable bonds is 14. The normalized spacial score (nSPS) is 20.6. The summed E-state index contributed by atoms with van der Waals surface area (Å²) < 4.78 is 123. The van der Waals surface area contributed by atoms with Crippen molar-refractivity contribution in [2.24, 2.45) is 20.6 Å². The molecule has 4 aliphatic heterocycles. The summed E-state index contributed by atoms with van der Waals surface area (Å²) in [5.74, 6) is -4.57. The summed E-state index contributed by atoms with van der Waals surface area (Å²) in [6.45, 7) is 6.65. The van der Waals surface area contributed by atoms with Gasteiger partial charge in [-0.05, 0) is 92.4 Å². The maximum Gasteiger partial charge on any atom is 0.435 e. The molecule has 0 aromatic heterocycles. The Kier molecular flexibility index (Phi) is 17.5. The first kappa shape index (κ1) is 58.8. The molecule has 0 fully saturated rings. The summed E-state index contributed by atoms with van der Waals surface area (Å²) in [6.07, 6.45) is -13.2. The summed E-state index contributed by atoms with van der Waals surface area (Å²) in [5.41, 5.74) is -5.49. The second-order valence-electron chi connectivity index (χ2n) is 17.5. The standard InChI is InChI=1S/C25H19Cl2F4N3O6.C25H20Cl2F4N2O5/c1-3-38-23(37)18-9-20(39-32-18)34(11-35)22(36)15-5-4-13(6-12(15)2)19-10-24(40-33-19,25(29,30)31)14-7-16(26)21(28)17(27)8-14;1-3-36-23(35)19-9-15(37-32-19)10-21(34)16-5-4-13(6-12(16)2)20-11-24(38-33-20,25(29,30)31)14-7-17(26)22(28)18(27)8-14/h4-8,11,20H,3,9-10H2,1-2H3;4-8,15H,3,9-11H2,1-2H3/t20?,24-;15?,24-/m00/s1. The third kappa shape index (κ3) is 11.8. The summed E-state index contributed by atoms with van der Waals surface area (Å²) >= 11 is 22.9. The number of benzene rings is 4. The van der Waals surface area contributed by atoms with Crippen LogP contribution in [-0.2, 0) is 54.4 Å². The Balaban J connectivity index is 0.000000226. The third-order valence-electron chi connectivity index (χ3n) is 12.4. The van der Waals surface area contributed by atoms with E-state index in [9.17, 15) is 59.1 Å². The lowest BCUT2D eigenvalue weighted by Gasteiger charge is -2.29. The molecule has 0 aliphatic carbocycles. The van der Waals surface area contributed by atoms with Gasteiger partial charge >= 0.3 is 24.3 Å². The van der Waals surface area contributed by atoms with Gasteiger partial charge in [0.25, 0.3) is 17.1 Å². The van der Waals surface area contributed by atoms with Crippen LogP contribution in [0.5, 0.6) is 0 Å². The van der Waals surface area contributed by atoms with Gasteiger partial charge in [0.15, 0.2) is 28.8 Å². The van der Waals surface area contributed by atoms with E-state index in [1.54, 1.807) is 20.8 Å². The maximum absolute atomic E-state index is 14.3. The quantitative estimate of drug-likeness (QED) is 0.0383. The Morgan fingerprint density at radius 1 is 0.654 bits per heavy atom. The highest BCUT2D eigenvalue weighted by Crippen LogP contribution is 2.52. The average molecular weight is 1180 g/mol. The summed E-state index contributed by atoms with van der Waals surface area (Å²) in [6, 6.07) is 11.6. The van der Waals surface area contributed by atoms with E-state index in [4.69, 9.17) is 75.2 Å². The van der Waals surface area contributed by atoms with Crippen LogP contribution in [0.1, 0.15) is 100 Å². The number of ketones is 1. The fourth-order valence-corrected chi connectivity index (χ4v) is 9.33. The largest absolute Gasteiger partial charge is 0.461 e. The van der Waals surface area contributed by atoms with Gasteiger partial charge in [0, 0.05) is 41.5 Å². The number of halogens is 12. The predicted octanol–water partition coefficient (Wildman–Crippen LogP) is 11.6. The number of hydrogen-bond donors (Lipinski definition) is 0. The molecule has 0 saturated heterocycles. The summed E-state index contributed by atoms with van der Waals surface area (Å²) in [5, 5.41) is 12.2. The molecule has 0 spiro atoms. The molecule has 2 unspecified atom stereocenters. The number of hydrogen-bond acceptors (Lipinski definition) is 15. The number of ether oxygens (including phenoxy) is 2. The van der Waals surface area contributed by atoms with Crippen molar-refractivity contribution >= 4 is 99.3 Å². The van der Waals surface area contributed by atoms with Gasteiger partial charge in [-0.25, -0.2) is 23.3 Å². The summed E-state index contributed by atoms with van der Waals surface area (Å²) in [4.78, 5) is 82.2. The van der Waals surface area contributed by atoms with Crippen LogP contribution in [0.25, 0.3) is 0 Å². The highest BCUT2D eigenvalue weighted by molar-refractivity contribution is 6.37.